The number of methoxy groups -OCH3 is 1. The molecule has 1 aromatic rings. The molecule has 0 bridgehead atoms. The summed E-state index contributed by atoms with van der Waals surface area (Å²) in [5, 5.41) is 0. The van der Waals surface area contributed by atoms with Crippen molar-refractivity contribution in [2.24, 2.45) is 5.73 Å². The molecular formula is C14H21NO4. The maximum atomic E-state index is 11.4. The van der Waals surface area contributed by atoms with E-state index in [0.29, 0.717) is 24.5 Å². The number of rotatable bonds is 7. The van der Waals surface area contributed by atoms with Crippen molar-refractivity contribution in [3.8, 4) is 11.5 Å². The molecule has 5 nitrogen and oxygen atoms in total. The van der Waals surface area contributed by atoms with Gasteiger partial charge in [-0.25, -0.2) is 4.79 Å². The molecule has 2 N–H and O–H groups in total. The van der Waals surface area contributed by atoms with E-state index in [9.17, 15) is 4.79 Å². The number of carbonyl (C=O) groups excluding carboxylic acids is 1. The van der Waals surface area contributed by atoms with E-state index < -0.39 is 5.97 Å². The van der Waals surface area contributed by atoms with Crippen LogP contribution in [0.15, 0.2) is 18.2 Å². The Kier molecular flexibility index (Phi) is 6.15. The quantitative estimate of drug-likeness (QED) is 0.758. The number of nitrogens with two attached hydrogens (primary N) is 1. The molecule has 1 rings (SSSR count). The second-order valence-electron chi connectivity index (χ2n) is 4.34. The first kappa shape index (κ1) is 15.3. The van der Waals surface area contributed by atoms with Gasteiger partial charge in [-0.2, -0.15) is 0 Å². The number of benzene rings is 1. The van der Waals surface area contributed by atoms with Gasteiger partial charge in [0.15, 0.2) is 6.61 Å². The van der Waals surface area contributed by atoms with E-state index >= 15 is 0 Å². The molecular weight excluding hydrogens is 246 g/mol. The van der Waals surface area contributed by atoms with Gasteiger partial charge in [-0.3, -0.25) is 0 Å². The van der Waals surface area contributed by atoms with Crippen molar-refractivity contribution < 1.29 is 19.0 Å². The summed E-state index contributed by atoms with van der Waals surface area (Å²) in [6.07, 6.45) is 0.531. The Morgan fingerprint density at radius 3 is 2.68 bits per heavy atom. The van der Waals surface area contributed by atoms with Crippen molar-refractivity contribution in [3.05, 3.63) is 23.8 Å². The van der Waals surface area contributed by atoms with Gasteiger partial charge in [-0.15, -0.1) is 0 Å². The third-order valence-electron chi connectivity index (χ3n) is 2.40. The van der Waals surface area contributed by atoms with Crippen LogP contribution in [0.4, 0.5) is 0 Å². The van der Waals surface area contributed by atoms with Gasteiger partial charge in [-0.1, -0.05) is 6.07 Å². The van der Waals surface area contributed by atoms with Crippen molar-refractivity contribution in [3.63, 3.8) is 0 Å². The molecule has 19 heavy (non-hydrogen) atoms. The zero-order valence-corrected chi connectivity index (χ0v) is 11.6. The summed E-state index contributed by atoms with van der Waals surface area (Å²) in [6, 6.07) is 5.47. The highest BCUT2D eigenvalue weighted by Gasteiger charge is 2.10. The fourth-order valence-corrected chi connectivity index (χ4v) is 1.59. The molecule has 5 heteroatoms. The summed E-state index contributed by atoms with van der Waals surface area (Å²) < 4.78 is 15.6. The molecule has 0 aliphatic rings. The van der Waals surface area contributed by atoms with Crippen molar-refractivity contribution in [1.82, 2.24) is 0 Å². The third-order valence-corrected chi connectivity index (χ3v) is 2.40. The Morgan fingerprint density at radius 2 is 2.11 bits per heavy atom. The molecule has 0 aliphatic carbocycles. The average Bonchev–Trinajstić information content (AvgIpc) is 2.37. The molecule has 0 heterocycles. The van der Waals surface area contributed by atoms with Gasteiger partial charge < -0.3 is 19.9 Å². The minimum absolute atomic E-state index is 0.122. The van der Waals surface area contributed by atoms with Crippen LogP contribution in [0, 0.1) is 0 Å². The van der Waals surface area contributed by atoms with Gasteiger partial charge in [0.05, 0.1) is 13.2 Å². The van der Waals surface area contributed by atoms with Gasteiger partial charge >= 0.3 is 5.97 Å². The molecule has 0 spiro atoms. The lowest BCUT2D eigenvalue weighted by atomic mass is 10.1. The lowest BCUT2D eigenvalue weighted by molar-refractivity contribution is -0.149. The summed E-state index contributed by atoms with van der Waals surface area (Å²) in [7, 11) is 1.58. The van der Waals surface area contributed by atoms with E-state index in [1.807, 2.05) is 12.1 Å². The molecule has 106 valence electrons. The third kappa shape index (κ3) is 5.18. The van der Waals surface area contributed by atoms with Crippen molar-refractivity contribution >= 4 is 5.97 Å². The van der Waals surface area contributed by atoms with Gasteiger partial charge in [-0.05, 0) is 38.4 Å². The van der Waals surface area contributed by atoms with Crippen LogP contribution in [-0.4, -0.2) is 32.3 Å². The monoisotopic (exact) mass is 267 g/mol. The zero-order valence-electron chi connectivity index (χ0n) is 11.6. The Labute approximate surface area is 113 Å². The van der Waals surface area contributed by atoms with Gasteiger partial charge in [0, 0.05) is 6.07 Å². The second kappa shape index (κ2) is 7.63. The molecule has 0 atom stereocenters. The van der Waals surface area contributed by atoms with Gasteiger partial charge in [0.1, 0.15) is 11.5 Å². The first-order valence-corrected chi connectivity index (χ1v) is 6.26. The second-order valence-corrected chi connectivity index (χ2v) is 4.34. The van der Waals surface area contributed by atoms with E-state index in [4.69, 9.17) is 19.9 Å². The number of ether oxygens (including phenoxy) is 3. The molecule has 0 fully saturated rings. The standard InChI is InChI=1S/C14H21NO4/c1-10(2)19-14(16)9-18-13-8-12(17-3)5-4-11(13)6-7-15/h4-5,8,10H,6-7,9,15H2,1-3H3. The molecule has 0 aromatic heterocycles. The Bertz CT molecular complexity index is 418. The van der Waals surface area contributed by atoms with Crippen molar-refractivity contribution in [1.29, 1.82) is 0 Å². The summed E-state index contributed by atoms with van der Waals surface area (Å²) in [5.74, 6) is 0.884. The molecule has 1 aromatic carbocycles. The summed E-state index contributed by atoms with van der Waals surface area (Å²) in [6.45, 7) is 3.98. The smallest absolute Gasteiger partial charge is 0.344 e. The lowest BCUT2D eigenvalue weighted by Crippen LogP contribution is -2.19. The fourth-order valence-electron chi connectivity index (χ4n) is 1.59. The maximum Gasteiger partial charge on any atom is 0.344 e. The molecule has 0 amide bonds. The highest BCUT2D eigenvalue weighted by Crippen LogP contribution is 2.25. The predicted molar refractivity (Wildman–Crippen MR) is 72.5 cm³/mol. The summed E-state index contributed by atoms with van der Waals surface area (Å²) in [4.78, 5) is 11.4. The number of hydrogen-bond donors (Lipinski definition) is 1. The fraction of sp³-hybridized carbons (Fsp3) is 0.500. The summed E-state index contributed by atoms with van der Waals surface area (Å²) >= 11 is 0. The van der Waals surface area contributed by atoms with E-state index in [-0.39, 0.29) is 12.7 Å². The highest BCUT2D eigenvalue weighted by molar-refractivity contribution is 5.71. The van der Waals surface area contributed by atoms with E-state index in [2.05, 4.69) is 0 Å². The van der Waals surface area contributed by atoms with Crippen LogP contribution < -0.4 is 15.2 Å². The van der Waals surface area contributed by atoms with Crippen LogP contribution in [0.2, 0.25) is 0 Å². The van der Waals surface area contributed by atoms with E-state index in [0.717, 1.165) is 5.56 Å². The molecule has 0 saturated heterocycles. The van der Waals surface area contributed by atoms with Crippen LogP contribution in [0.25, 0.3) is 0 Å². The maximum absolute atomic E-state index is 11.4. The largest absolute Gasteiger partial charge is 0.497 e. The van der Waals surface area contributed by atoms with Gasteiger partial charge in [0.25, 0.3) is 0 Å². The van der Waals surface area contributed by atoms with E-state index in [1.165, 1.54) is 0 Å². The average molecular weight is 267 g/mol. The molecule has 0 saturated carbocycles. The van der Waals surface area contributed by atoms with Gasteiger partial charge in [0.2, 0.25) is 0 Å². The van der Waals surface area contributed by atoms with Crippen LogP contribution in [-0.2, 0) is 16.0 Å². The minimum atomic E-state index is -0.392. The number of esters is 1. The SMILES string of the molecule is COc1ccc(CCN)c(OCC(=O)OC(C)C)c1. The normalized spacial score (nSPS) is 10.4. The van der Waals surface area contributed by atoms with Crippen molar-refractivity contribution in [2.75, 3.05) is 20.3 Å². The predicted octanol–water partition coefficient (Wildman–Crippen LogP) is 1.53. The molecule has 0 unspecified atom stereocenters. The number of hydrogen-bond acceptors (Lipinski definition) is 5. The van der Waals surface area contributed by atoms with Crippen LogP contribution >= 0.6 is 0 Å². The highest BCUT2D eigenvalue weighted by atomic mass is 16.6. The topological polar surface area (TPSA) is 70.8 Å². The molecule has 0 radical (unpaired) electrons. The lowest BCUT2D eigenvalue weighted by Gasteiger charge is -2.13. The Morgan fingerprint density at radius 1 is 1.37 bits per heavy atom. The Balaban J connectivity index is 2.71. The first-order valence-electron chi connectivity index (χ1n) is 6.26. The minimum Gasteiger partial charge on any atom is -0.497 e. The number of carbonyl (C=O) groups is 1. The summed E-state index contributed by atoms with van der Waals surface area (Å²) in [5.41, 5.74) is 6.49. The van der Waals surface area contributed by atoms with Crippen LogP contribution in [0.3, 0.4) is 0 Å². The van der Waals surface area contributed by atoms with Crippen molar-refractivity contribution in [2.45, 2.75) is 26.4 Å². The first-order chi connectivity index (χ1) is 9.06. The van der Waals surface area contributed by atoms with Crippen LogP contribution in [0.1, 0.15) is 19.4 Å². The van der Waals surface area contributed by atoms with E-state index in [1.54, 1.807) is 27.0 Å². The molecule has 0 aliphatic heterocycles. The Hall–Kier alpha value is -1.75. The zero-order chi connectivity index (χ0) is 14.3. The van der Waals surface area contributed by atoms with Crippen LogP contribution in [0.5, 0.6) is 11.5 Å².